The molecule has 0 fully saturated rings. The van der Waals surface area contributed by atoms with E-state index >= 15 is 0 Å². The van der Waals surface area contributed by atoms with Crippen molar-refractivity contribution in [3.63, 3.8) is 0 Å². The van der Waals surface area contributed by atoms with Crippen LogP contribution in [-0.2, 0) is 23.1 Å². The molecule has 0 radical (unpaired) electrons. The number of amides is 3. The lowest BCUT2D eigenvalue weighted by atomic mass is 10.00. The van der Waals surface area contributed by atoms with Crippen LogP contribution in [0.2, 0.25) is 0 Å². The van der Waals surface area contributed by atoms with Crippen LogP contribution in [0.4, 0.5) is 15.0 Å². The first-order valence-electron chi connectivity index (χ1n) is 12.0. The lowest BCUT2D eigenvalue weighted by Crippen LogP contribution is -2.33. The lowest BCUT2D eigenvalue weighted by molar-refractivity contribution is -0.115. The van der Waals surface area contributed by atoms with Crippen molar-refractivity contribution in [2.75, 3.05) is 25.5 Å². The van der Waals surface area contributed by atoms with Gasteiger partial charge in [0, 0.05) is 42.5 Å². The molecule has 3 amide bonds. The summed E-state index contributed by atoms with van der Waals surface area (Å²) in [5.74, 6) is -1.44. The molecule has 1 aliphatic rings. The molecule has 0 saturated carbocycles. The zero-order valence-corrected chi connectivity index (χ0v) is 21.7. The van der Waals surface area contributed by atoms with Gasteiger partial charge in [0.15, 0.2) is 11.6 Å². The quantitative estimate of drug-likeness (QED) is 0.518. The monoisotopic (exact) mass is 535 g/mol. The number of hydrogen-bond donors (Lipinski definition) is 2. The van der Waals surface area contributed by atoms with E-state index in [1.54, 1.807) is 34.0 Å². The number of ether oxygens (including phenoxy) is 2. The van der Waals surface area contributed by atoms with Crippen LogP contribution in [0, 0.1) is 17.1 Å². The van der Waals surface area contributed by atoms with E-state index in [-0.39, 0.29) is 41.5 Å². The van der Waals surface area contributed by atoms with Crippen molar-refractivity contribution in [2.45, 2.75) is 26.5 Å². The topological polar surface area (TPSA) is 151 Å². The number of carbonyl (C=O) groups is 3. The smallest absolute Gasteiger partial charge is 0.407 e. The number of benzene rings is 1. The van der Waals surface area contributed by atoms with Crippen LogP contribution in [0.15, 0.2) is 30.5 Å². The number of hydrogen-bond acceptors (Lipinski definition) is 8. The summed E-state index contributed by atoms with van der Waals surface area (Å²) in [7, 11) is 3.20. The number of rotatable bonds is 4. The van der Waals surface area contributed by atoms with Crippen LogP contribution in [0.5, 0.6) is 5.75 Å². The van der Waals surface area contributed by atoms with Crippen molar-refractivity contribution in [3.8, 4) is 22.9 Å². The SMILES string of the molecule is CCOC(=O)NCC(=O)Nc1ncc2cc1O[C@H](C)c1cc(F)ccc1C(=O)N(C)Cc1nn(C)c(C#N)c1-2. The van der Waals surface area contributed by atoms with Crippen molar-refractivity contribution in [2.24, 2.45) is 7.05 Å². The van der Waals surface area contributed by atoms with Crippen LogP contribution in [-0.4, -0.2) is 57.8 Å². The van der Waals surface area contributed by atoms with Crippen molar-refractivity contribution in [1.82, 2.24) is 25.0 Å². The van der Waals surface area contributed by atoms with Gasteiger partial charge in [-0.25, -0.2) is 14.2 Å². The molecule has 2 N–H and O–H groups in total. The number of carbonyl (C=O) groups excluding carboxylic acids is 3. The van der Waals surface area contributed by atoms with Gasteiger partial charge in [0.2, 0.25) is 5.91 Å². The molecule has 0 saturated heterocycles. The van der Waals surface area contributed by atoms with Crippen LogP contribution < -0.4 is 15.4 Å². The molecular weight excluding hydrogens is 509 g/mol. The van der Waals surface area contributed by atoms with E-state index in [2.05, 4.69) is 26.8 Å². The number of nitrogens with one attached hydrogen (secondary N) is 2. The molecule has 202 valence electrons. The highest BCUT2D eigenvalue weighted by molar-refractivity contribution is 5.96. The van der Waals surface area contributed by atoms with Gasteiger partial charge in [-0.05, 0) is 38.1 Å². The van der Waals surface area contributed by atoms with Gasteiger partial charge in [-0.2, -0.15) is 10.4 Å². The van der Waals surface area contributed by atoms with Crippen molar-refractivity contribution in [1.29, 1.82) is 5.26 Å². The second-order valence-electron chi connectivity index (χ2n) is 8.75. The molecule has 0 aliphatic carbocycles. The minimum atomic E-state index is -0.846. The Morgan fingerprint density at radius 2 is 2.08 bits per heavy atom. The van der Waals surface area contributed by atoms with Gasteiger partial charge in [-0.15, -0.1) is 0 Å². The van der Waals surface area contributed by atoms with Crippen molar-refractivity contribution >= 4 is 23.7 Å². The van der Waals surface area contributed by atoms with Gasteiger partial charge in [-0.1, -0.05) is 0 Å². The molecule has 39 heavy (non-hydrogen) atoms. The number of nitrogens with zero attached hydrogens (tertiary/aromatic N) is 5. The second kappa shape index (κ2) is 11.2. The standard InChI is InChI=1S/C26H26FN7O5/c1-5-38-26(37)30-12-22(35)31-24-21-8-15(11-29-24)23-19(32-34(4)20(23)10-28)13-33(3)25(36)17-7-6-16(27)9-18(17)14(2)39-21/h6-9,11,14H,5,12-13H2,1-4H3,(H,30,37)(H,29,31,35)/t14-/m1/s1. The summed E-state index contributed by atoms with van der Waals surface area (Å²) < 4.78 is 26.6. The number of fused-ring (bicyclic) bond motifs is 5. The Kier molecular flexibility index (Phi) is 7.75. The molecule has 2 bridgehead atoms. The first-order chi connectivity index (χ1) is 18.6. The lowest BCUT2D eigenvalue weighted by Gasteiger charge is -2.24. The van der Waals surface area contributed by atoms with Crippen molar-refractivity contribution < 1.29 is 28.2 Å². The Bertz CT molecular complexity index is 1500. The molecule has 3 heterocycles. The molecule has 2 aromatic heterocycles. The van der Waals surface area contributed by atoms with Gasteiger partial charge in [0.25, 0.3) is 5.91 Å². The molecule has 1 aliphatic heterocycles. The van der Waals surface area contributed by atoms with Gasteiger partial charge in [0.1, 0.15) is 30.2 Å². The zero-order chi connectivity index (χ0) is 28.3. The number of pyridine rings is 1. The fourth-order valence-electron chi connectivity index (χ4n) is 4.22. The molecule has 12 nitrogen and oxygen atoms in total. The minimum absolute atomic E-state index is 0.0173. The van der Waals surface area contributed by atoms with E-state index in [9.17, 15) is 24.0 Å². The minimum Gasteiger partial charge on any atom is -0.482 e. The molecule has 4 rings (SSSR count). The molecule has 1 aromatic carbocycles. The van der Waals surface area contributed by atoms with E-state index in [0.29, 0.717) is 16.8 Å². The Balaban J connectivity index is 1.82. The Hall–Kier alpha value is -4.99. The average molecular weight is 536 g/mol. The van der Waals surface area contributed by atoms with Crippen LogP contribution in [0.1, 0.15) is 47.3 Å². The van der Waals surface area contributed by atoms with Crippen LogP contribution in [0.3, 0.4) is 0 Å². The van der Waals surface area contributed by atoms with Gasteiger partial charge in [0.05, 0.1) is 18.8 Å². The first kappa shape index (κ1) is 27.1. The predicted molar refractivity (Wildman–Crippen MR) is 136 cm³/mol. The van der Waals surface area contributed by atoms with E-state index in [0.717, 1.165) is 0 Å². The molecule has 0 spiro atoms. The van der Waals surface area contributed by atoms with E-state index < -0.39 is 36.4 Å². The second-order valence-corrected chi connectivity index (χ2v) is 8.75. The molecule has 1 atom stereocenters. The third kappa shape index (κ3) is 5.64. The molecule has 13 heteroatoms. The third-order valence-corrected chi connectivity index (χ3v) is 6.01. The highest BCUT2D eigenvalue weighted by Gasteiger charge is 2.27. The number of aryl methyl sites for hydroxylation is 1. The molecular formula is C26H26FN7O5. The Morgan fingerprint density at radius 1 is 1.31 bits per heavy atom. The fourth-order valence-corrected chi connectivity index (χ4v) is 4.22. The van der Waals surface area contributed by atoms with Crippen molar-refractivity contribution in [3.05, 3.63) is 58.8 Å². The maximum Gasteiger partial charge on any atom is 0.407 e. The van der Waals surface area contributed by atoms with E-state index in [1.165, 1.54) is 34.0 Å². The summed E-state index contributed by atoms with van der Waals surface area (Å²) in [4.78, 5) is 43.3. The summed E-state index contributed by atoms with van der Waals surface area (Å²) in [5.41, 5.74) is 2.09. The third-order valence-electron chi connectivity index (χ3n) is 6.01. The largest absolute Gasteiger partial charge is 0.482 e. The molecule has 3 aromatic rings. The summed E-state index contributed by atoms with van der Waals surface area (Å²) in [6, 6.07) is 7.50. The van der Waals surface area contributed by atoms with Crippen LogP contribution >= 0.6 is 0 Å². The van der Waals surface area contributed by atoms with Crippen LogP contribution in [0.25, 0.3) is 11.1 Å². The number of alkyl carbamates (subject to hydrolysis) is 1. The summed E-state index contributed by atoms with van der Waals surface area (Å²) >= 11 is 0. The summed E-state index contributed by atoms with van der Waals surface area (Å²) in [6.45, 7) is 3.08. The summed E-state index contributed by atoms with van der Waals surface area (Å²) in [5, 5.41) is 19.2. The van der Waals surface area contributed by atoms with Gasteiger partial charge >= 0.3 is 6.09 Å². The summed E-state index contributed by atoms with van der Waals surface area (Å²) in [6.07, 6.45) is -0.160. The number of aromatic nitrogens is 3. The maximum absolute atomic E-state index is 14.3. The Labute approximate surface area is 223 Å². The normalized spacial score (nSPS) is 14.5. The number of nitriles is 1. The Morgan fingerprint density at radius 3 is 2.79 bits per heavy atom. The average Bonchev–Trinajstić information content (AvgIpc) is 3.21. The predicted octanol–water partition coefficient (Wildman–Crippen LogP) is 2.90. The first-order valence-corrected chi connectivity index (χ1v) is 12.0. The highest BCUT2D eigenvalue weighted by Crippen LogP contribution is 2.36. The van der Waals surface area contributed by atoms with E-state index in [1.807, 2.05) is 0 Å². The highest BCUT2D eigenvalue weighted by atomic mass is 19.1. The zero-order valence-electron chi connectivity index (χ0n) is 21.7. The number of anilines is 1. The van der Waals surface area contributed by atoms with Gasteiger partial charge in [-0.3, -0.25) is 14.3 Å². The number of halogens is 1. The van der Waals surface area contributed by atoms with E-state index in [4.69, 9.17) is 9.47 Å². The maximum atomic E-state index is 14.3. The fraction of sp³-hybridized carbons (Fsp3) is 0.308. The molecule has 0 unspecified atom stereocenters. The van der Waals surface area contributed by atoms with Gasteiger partial charge < -0.3 is 25.0 Å².